The zero-order chi connectivity index (χ0) is 25.0. The van der Waals surface area contributed by atoms with Gasteiger partial charge in [-0.25, -0.2) is 9.59 Å². The maximum absolute atomic E-state index is 13.7. The molecular weight excluding hydrogens is 482 g/mol. The van der Waals surface area contributed by atoms with E-state index < -0.39 is 17.5 Å². The lowest BCUT2D eigenvalue weighted by molar-refractivity contribution is -0.141. The Morgan fingerprint density at radius 2 is 2.08 bits per heavy atom. The fourth-order valence-electron chi connectivity index (χ4n) is 5.55. The number of carbonyl (C=O) groups excluding carboxylic acids is 4. The number of hydrogen-bond donors (Lipinski definition) is 3. The smallest absolute Gasteiger partial charge is 0.325 e. The Morgan fingerprint density at radius 3 is 2.86 bits per heavy atom. The maximum Gasteiger partial charge on any atom is 0.325 e. The van der Waals surface area contributed by atoms with Gasteiger partial charge in [-0.3, -0.25) is 14.5 Å². The predicted octanol–water partition coefficient (Wildman–Crippen LogP) is 2.39. The van der Waals surface area contributed by atoms with E-state index in [1.165, 1.54) is 7.05 Å². The van der Waals surface area contributed by atoms with Crippen LogP contribution in [-0.2, 0) is 28.1 Å². The van der Waals surface area contributed by atoms with E-state index in [2.05, 4.69) is 16.0 Å². The molecule has 36 heavy (non-hydrogen) atoms. The third kappa shape index (κ3) is 3.69. The first kappa shape index (κ1) is 22.8. The number of urea groups is 2. The third-order valence-electron chi connectivity index (χ3n) is 7.60. The number of imide groups is 1. The lowest BCUT2D eigenvalue weighted by Gasteiger charge is -2.30. The Balaban J connectivity index is 1.22. The monoisotopic (exact) mass is 509 g/mol. The molecule has 188 valence electrons. The largest absolute Gasteiger partial charge is 0.490 e. The second-order valence-corrected chi connectivity index (χ2v) is 10.7. The molecule has 0 bridgehead atoms. The van der Waals surface area contributed by atoms with Crippen molar-refractivity contribution in [3.05, 3.63) is 45.6 Å². The number of amides is 6. The summed E-state index contributed by atoms with van der Waals surface area (Å²) in [5.74, 6) is 0.539. The van der Waals surface area contributed by atoms with Crippen LogP contribution in [0, 0.1) is 5.92 Å². The molecule has 2 aromatic rings. The number of carbonyl (C=O) groups is 4. The van der Waals surface area contributed by atoms with Gasteiger partial charge in [0.1, 0.15) is 24.4 Å². The van der Waals surface area contributed by atoms with Crippen LogP contribution in [0.1, 0.15) is 35.3 Å². The van der Waals surface area contributed by atoms with Gasteiger partial charge in [0.2, 0.25) is 5.91 Å². The van der Waals surface area contributed by atoms with Crippen LogP contribution in [0.25, 0.3) is 0 Å². The summed E-state index contributed by atoms with van der Waals surface area (Å²) in [6.07, 6.45) is 3.07. The summed E-state index contributed by atoms with van der Waals surface area (Å²) in [4.78, 5) is 55.7. The van der Waals surface area contributed by atoms with Crippen LogP contribution in [0.5, 0.6) is 5.75 Å². The van der Waals surface area contributed by atoms with Gasteiger partial charge in [0.25, 0.3) is 5.91 Å². The molecule has 1 saturated heterocycles. The van der Waals surface area contributed by atoms with E-state index in [1.807, 2.05) is 17.5 Å². The summed E-state index contributed by atoms with van der Waals surface area (Å²) in [6, 6.07) is 6.27. The van der Waals surface area contributed by atoms with Gasteiger partial charge in [0.05, 0.1) is 17.5 Å². The topological polar surface area (TPSA) is 120 Å². The number of thiophene rings is 1. The molecule has 0 radical (unpaired) electrons. The van der Waals surface area contributed by atoms with E-state index in [1.54, 1.807) is 28.4 Å². The standard InChI is InChI=1S/C25H27N5O5S/c1-26-23(33)27-16-4-5-17-15(10-16)6-8-25(17)22(32)30(24(34)28-25)12-21(31)29-11-20-19(7-9-36-20)35-13-18(29)14-2-3-14/h4-5,7,9-10,14,18H,2-3,6,8,11-13H2,1H3,(H,28,34)(H2,26,27,33)/t18-,25+/m0/s1. The Labute approximate surface area is 212 Å². The summed E-state index contributed by atoms with van der Waals surface area (Å²) < 4.78 is 5.98. The van der Waals surface area contributed by atoms with E-state index in [4.69, 9.17) is 4.74 Å². The minimum absolute atomic E-state index is 0.0646. The molecule has 4 aliphatic rings. The number of hydrogen-bond acceptors (Lipinski definition) is 6. The summed E-state index contributed by atoms with van der Waals surface area (Å²) in [6.45, 7) is 0.539. The third-order valence-corrected chi connectivity index (χ3v) is 8.49. The SMILES string of the molecule is CNC(=O)Nc1ccc2c(c1)CC[C@@]21NC(=O)N(CC(=O)N2Cc3sccc3OC[C@H]2C2CC2)C1=O. The van der Waals surface area contributed by atoms with Gasteiger partial charge in [0, 0.05) is 12.7 Å². The number of ether oxygens (including phenoxy) is 1. The normalized spacial score (nSPS) is 24.6. The Bertz CT molecular complexity index is 1270. The number of anilines is 1. The zero-order valence-corrected chi connectivity index (χ0v) is 20.7. The molecule has 10 nitrogen and oxygen atoms in total. The first-order chi connectivity index (χ1) is 17.4. The van der Waals surface area contributed by atoms with Gasteiger partial charge in [-0.2, -0.15) is 0 Å². The van der Waals surface area contributed by atoms with Crippen molar-refractivity contribution >= 4 is 40.9 Å². The number of aryl methyl sites for hydroxylation is 1. The van der Waals surface area contributed by atoms with Crippen molar-refractivity contribution in [2.24, 2.45) is 5.92 Å². The molecule has 1 spiro atoms. The molecule has 2 aliphatic heterocycles. The molecule has 6 amide bonds. The van der Waals surface area contributed by atoms with Crippen LogP contribution in [-0.4, -0.2) is 59.9 Å². The minimum atomic E-state index is -1.18. The molecule has 0 unspecified atom stereocenters. The second-order valence-electron chi connectivity index (χ2n) is 9.75. The second kappa shape index (κ2) is 8.51. The average Bonchev–Trinajstić information content (AvgIpc) is 3.50. The van der Waals surface area contributed by atoms with Gasteiger partial charge in [-0.1, -0.05) is 6.07 Å². The van der Waals surface area contributed by atoms with Gasteiger partial charge >= 0.3 is 12.1 Å². The summed E-state index contributed by atoms with van der Waals surface area (Å²) in [5.41, 5.74) is 1.02. The highest BCUT2D eigenvalue weighted by Crippen LogP contribution is 2.43. The maximum atomic E-state index is 13.7. The molecular formula is C25H27N5O5S. The van der Waals surface area contributed by atoms with Gasteiger partial charge in [0.15, 0.2) is 0 Å². The molecule has 3 heterocycles. The number of nitrogens with one attached hydrogen (secondary N) is 3. The van der Waals surface area contributed by atoms with Crippen LogP contribution in [0.3, 0.4) is 0 Å². The van der Waals surface area contributed by atoms with Crippen LogP contribution in [0.2, 0.25) is 0 Å². The van der Waals surface area contributed by atoms with Gasteiger partial charge < -0.3 is 25.6 Å². The highest BCUT2D eigenvalue weighted by atomic mass is 32.1. The van der Waals surface area contributed by atoms with Crippen molar-refractivity contribution in [2.75, 3.05) is 25.5 Å². The molecule has 3 N–H and O–H groups in total. The minimum Gasteiger partial charge on any atom is -0.490 e. The van der Waals surface area contributed by atoms with Crippen LogP contribution >= 0.6 is 11.3 Å². The van der Waals surface area contributed by atoms with Crippen molar-refractivity contribution < 1.29 is 23.9 Å². The van der Waals surface area contributed by atoms with Crippen molar-refractivity contribution in [3.8, 4) is 5.75 Å². The van der Waals surface area contributed by atoms with Crippen LogP contribution in [0.15, 0.2) is 29.6 Å². The molecule has 1 saturated carbocycles. The van der Waals surface area contributed by atoms with E-state index in [9.17, 15) is 19.2 Å². The first-order valence-corrected chi connectivity index (χ1v) is 13.0. The van der Waals surface area contributed by atoms with E-state index in [-0.39, 0.29) is 24.5 Å². The summed E-state index contributed by atoms with van der Waals surface area (Å²) in [7, 11) is 1.53. The predicted molar refractivity (Wildman–Crippen MR) is 132 cm³/mol. The molecule has 2 aliphatic carbocycles. The Hall–Kier alpha value is -3.60. The fourth-order valence-corrected chi connectivity index (χ4v) is 6.36. The van der Waals surface area contributed by atoms with Crippen molar-refractivity contribution in [1.82, 2.24) is 20.4 Å². The number of nitrogens with zero attached hydrogens (tertiary/aromatic N) is 2. The molecule has 1 aromatic carbocycles. The van der Waals surface area contributed by atoms with Crippen LogP contribution < -0.4 is 20.7 Å². The highest BCUT2D eigenvalue weighted by Gasteiger charge is 2.56. The first-order valence-electron chi connectivity index (χ1n) is 12.1. The lowest BCUT2D eigenvalue weighted by Crippen LogP contribution is -2.49. The van der Waals surface area contributed by atoms with Gasteiger partial charge in [-0.05, 0) is 66.3 Å². The molecule has 2 fully saturated rings. The lowest BCUT2D eigenvalue weighted by atomic mass is 9.91. The highest BCUT2D eigenvalue weighted by molar-refractivity contribution is 7.10. The van der Waals surface area contributed by atoms with E-state index >= 15 is 0 Å². The quantitative estimate of drug-likeness (QED) is 0.547. The number of rotatable bonds is 4. The molecule has 11 heteroatoms. The average molecular weight is 510 g/mol. The van der Waals surface area contributed by atoms with Gasteiger partial charge in [-0.15, -0.1) is 11.3 Å². The fraction of sp³-hybridized carbons (Fsp3) is 0.440. The molecule has 1 aromatic heterocycles. The summed E-state index contributed by atoms with van der Waals surface area (Å²) >= 11 is 1.54. The van der Waals surface area contributed by atoms with Crippen molar-refractivity contribution in [1.29, 1.82) is 0 Å². The number of benzene rings is 1. The van der Waals surface area contributed by atoms with Crippen LogP contribution in [0.4, 0.5) is 15.3 Å². The Kier molecular flexibility index (Phi) is 5.40. The van der Waals surface area contributed by atoms with E-state index in [0.29, 0.717) is 43.2 Å². The van der Waals surface area contributed by atoms with E-state index in [0.717, 1.165) is 33.9 Å². The van der Waals surface area contributed by atoms with Crippen molar-refractivity contribution in [2.45, 2.75) is 43.8 Å². The molecule has 2 atom stereocenters. The zero-order valence-electron chi connectivity index (χ0n) is 19.8. The Morgan fingerprint density at radius 1 is 1.25 bits per heavy atom. The molecule has 6 rings (SSSR count). The van der Waals surface area contributed by atoms with Crippen molar-refractivity contribution in [3.63, 3.8) is 0 Å². The number of fused-ring (bicyclic) bond motifs is 3. The summed E-state index contributed by atoms with van der Waals surface area (Å²) in [5, 5.41) is 10.1.